The Morgan fingerprint density at radius 2 is 1.43 bits per heavy atom. The van der Waals surface area contributed by atoms with Crippen LogP contribution in [0.1, 0.15) is 104 Å². The fourth-order valence-corrected chi connectivity index (χ4v) is 10.8. The van der Waals surface area contributed by atoms with Crippen molar-refractivity contribution < 1.29 is 29.1 Å². The van der Waals surface area contributed by atoms with Crippen LogP contribution in [0.5, 0.6) is 5.75 Å². The summed E-state index contributed by atoms with van der Waals surface area (Å²) in [6, 6.07) is 28.3. The van der Waals surface area contributed by atoms with E-state index >= 15 is 0 Å². The highest BCUT2D eigenvalue weighted by atomic mass is 16.3. The number of amides is 5. The molecule has 58 heavy (non-hydrogen) atoms. The number of benzene rings is 4. The third-order valence-electron chi connectivity index (χ3n) is 14.0. The van der Waals surface area contributed by atoms with Crippen LogP contribution in [0.15, 0.2) is 84.9 Å². The van der Waals surface area contributed by atoms with Gasteiger partial charge in [0.1, 0.15) is 11.8 Å². The van der Waals surface area contributed by atoms with Gasteiger partial charge in [0.2, 0.25) is 17.7 Å². The van der Waals surface area contributed by atoms with Gasteiger partial charge in [-0.15, -0.1) is 0 Å². The Hall–Kier alpha value is -5.81. The lowest BCUT2D eigenvalue weighted by Crippen LogP contribution is -2.54. The Morgan fingerprint density at radius 3 is 2.12 bits per heavy atom. The minimum absolute atomic E-state index is 0.0372. The van der Waals surface area contributed by atoms with Crippen molar-refractivity contribution in [2.24, 2.45) is 5.41 Å². The third kappa shape index (κ3) is 6.36. The number of fused-ring (bicyclic) bond motifs is 3. The summed E-state index contributed by atoms with van der Waals surface area (Å²) in [5, 5.41) is 12.5. The van der Waals surface area contributed by atoms with Crippen LogP contribution in [0.2, 0.25) is 0 Å². The number of hydrogen-bond acceptors (Lipinski definition) is 8. The van der Waals surface area contributed by atoms with Gasteiger partial charge in [-0.1, -0.05) is 48.5 Å². The molecule has 4 aromatic rings. The molecule has 11 nitrogen and oxygen atoms in total. The van der Waals surface area contributed by atoms with E-state index in [1.54, 1.807) is 17.0 Å². The molecule has 0 aromatic heterocycles. The lowest BCUT2D eigenvalue weighted by Gasteiger charge is -2.39. The van der Waals surface area contributed by atoms with Crippen molar-refractivity contribution in [2.45, 2.75) is 75.9 Å². The molecule has 0 bridgehead atoms. The predicted molar refractivity (Wildman–Crippen MR) is 216 cm³/mol. The molecule has 3 fully saturated rings. The topological polar surface area (TPSA) is 131 Å². The van der Waals surface area contributed by atoms with E-state index in [-0.39, 0.29) is 41.2 Å². The number of piperidine rings is 2. The predicted octanol–water partition coefficient (Wildman–Crippen LogP) is 5.49. The Labute approximate surface area is 337 Å². The number of hydrogen-bond donors (Lipinski definition) is 2. The molecule has 1 spiro atoms. The van der Waals surface area contributed by atoms with Crippen LogP contribution in [0.4, 0.5) is 5.69 Å². The van der Waals surface area contributed by atoms with Crippen LogP contribution >= 0.6 is 0 Å². The molecular weight excluding hydrogens is 731 g/mol. The van der Waals surface area contributed by atoms with Gasteiger partial charge in [-0.05, 0) is 133 Å². The standard InChI is InChI=1S/C47H47N5O6/c53-35-11-13-37-31(22-35)8-12-36(29-4-2-1-3-5-29)43(37)30-6-9-34(10-7-30)50-21-18-47(28-50)16-19-49(20-17-47)27-42(55)51-25-32-23-38-39(24-33(32)26-51)46(58)52(45(38)57)40-14-15-41(54)48-44(40)56/h1-7,9-11,13,22-24,36,40,43,53H,8,12,14-21,25-28H2,(H,48,54,56)/t36-,40?,43+/m1/s1. The van der Waals surface area contributed by atoms with Gasteiger partial charge in [0.05, 0.1) is 17.7 Å². The van der Waals surface area contributed by atoms with E-state index in [4.69, 9.17) is 0 Å². The summed E-state index contributed by atoms with van der Waals surface area (Å²) >= 11 is 0. The first-order valence-electron chi connectivity index (χ1n) is 20.7. The van der Waals surface area contributed by atoms with Crippen molar-refractivity contribution in [3.63, 3.8) is 0 Å². The number of nitrogens with zero attached hydrogens (tertiary/aromatic N) is 4. The largest absolute Gasteiger partial charge is 0.508 e. The van der Waals surface area contributed by atoms with Crippen molar-refractivity contribution in [1.82, 2.24) is 20.0 Å². The first-order valence-corrected chi connectivity index (χ1v) is 20.7. The number of aryl methyl sites for hydroxylation is 1. The summed E-state index contributed by atoms with van der Waals surface area (Å²) in [4.78, 5) is 72.0. The number of phenolic OH excluding ortho intramolecular Hbond substituents is 1. The Bertz CT molecular complexity index is 2310. The zero-order chi connectivity index (χ0) is 39.7. The fraction of sp³-hybridized carbons (Fsp3) is 0.383. The molecule has 2 N–H and O–H groups in total. The highest BCUT2D eigenvalue weighted by Gasteiger charge is 2.46. The highest BCUT2D eigenvalue weighted by Crippen LogP contribution is 2.48. The van der Waals surface area contributed by atoms with Gasteiger partial charge >= 0.3 is 0 Å². The molecule has 3 saturated heterocycles. The molecule has 3 atom stereocenters. The van der Waals surface area contributed by atoms with Crippen molar-refractivity contribution in [1.29, 1.82) is 0 Å². The van der Waals surface area contributed by atoms with Crippen LogP contribution in [0.25, 0.3) is 0 Å². The molecule has 1 aliphatic carbocycles. The molecule has 4 aromatic carbocycles. The quantitative estimate of drug-likeness (QED) is 0.246. The minimum atomic E-state index is -1.00. The summed E-state index contributed by atoms with van der Waals surface area (Å²) in [7, 11) is 0. The maximum Gasteiger partial charge on any atom is 0.262 e. The summed E-state index contributed by atoms with van der Waals surface area (Å²) in [6.45, 7) is 4.84. The lowest BCUT2D eigenvalue weighted by atomic mass is 9.69. The average Bonchev–Trinajstić information content (AvgIpc) is 3.92. The van der Waals surface area contributed by atoms with Gasteiger partial charge in [-0.3, -0.25) is 39.1 Å². The SMILES string of the molecule is O=C1CCC(N2C(=O)c3cc4c(cc3C2=O)CN(C(=O)CN2CCC3(CC2)CCN(c2ccc([C@@H]5c6ccc(O)cc6CC[C@@H]5c5ccccc5)cc2)C3)C4)C(=O)N1. The molecule has 10 rings (SSSR count). The molecule has 5 heterocycles. The number of likely N-dealkylation sites (tertiary alicyclic amines) is 1. The smallest absolute Gasteiger partial charge is 0.262 e. The van der Waals surface area contributed by atoms with E-state index in [0.717, 1.165) is 74.3 Å². The molecule has 1 unspecified atom stereocenters. The minimum Gasteiger partial charge on any atom is -0.508 e. The number of carbonyl (C=O) groups excluding carboxylic acids is 5. The fourth-order valence-electron chi connectivity index (χ4n) is 10.8. The maximum absolute atomic E-state index is 13.6. The Kier molecular flexibility index (Phi) is 8.96. The van der Waals surface area contributed by atoms with Crippen LogP contribution in [-0.4, -0.2) is 88.1 Å². The summed E-state index contributed by atoms with van der Waals surface area (Å²) in [6.07, 6.45) is 5.40. The van der Waals surface area contributed by atoms with Crippen LogP contribution in [0, 0.1) is 5.41 Å². The Morgan fingerprint density at radius 1 is 0.741 bits per heavy atom. The monoisotopic (exact) mass is 777 g/mol. The Balaban J connectivity index is 0.751. The molecule has 5 amide bonds. The number of rotatable bonds is 6. The molecule has 6 aliphatic rings. The van der Waals surface area contributed by atoms with E-state index in [1.165, 1.54) is 27.9 Å². The zero-order valence-electron chi connectivity index (χ0n) is 32.5. The van der Waals surface area contributed by atoms with E-state index < -0.39 is 29.7 Å². The van der Waals surface area contributed by atoms with Gasteiger partial charge in [0.25, 0.3) is 11.8 Å². The maximum atomic E-state index is 13.6. The highest BCUT2D eigenvalue weighted by molar-refractivity contribution is 6.23. The first kappa shape index (κ1) is 36.5. The van der Waals surface area contributed by atoms with Crippen LogP contribution in [-0.2, 0) is 33.9 Å². The first-order chi connectivity index (χ1) is 28.1. The number of phenols is 1. The summed E-state index contributed by atoms with van der Waals surface area (Å²) < 4.78 is 0. The molecule has 0 radical (unpaired) electrons. The van der Waals surface area contributed by atoms with Gasteiger partial charge in [0.15, 0.2) is 0 Å². The van der Waals surface area contributed by atoms with Gasteiger partial charge in [-0.2, -0.15) is 0 Å². The van der Waals surface area contributed by atoms with Crippen LogP contribution in [0.3, 0.4) is 0 Å². The molecule has 5 aliphatic heterocycles. The average molecular weight is 778 g/mol. The molecular formula is C47H47N5O6. The number of anilines is 1. The number of carbonyl (C=O) groups is 5. The van der Waals surface area contributed by atoms with Crippen molar-refractivity contribution in [3.05, 3.63) is 129 Å². The summed E-state index contributed by atoms with van der Waals surface area (Å²) in [5.74, 6) is -1.14. The third-order valence-corrected chi connectivity index (χ3v) is 14.0. The van der Waals surface area contributed by atoms with Gasteiger partial charge in [-0.25, -0.2) is 0 Å². The second-order valence-electron chi connectivity index (χ2n) is 17.3. The van der Waals surface area contributed by atoms with E-state index in [0.29, 0.717) is 31.3 Å². The van der Waals surface area contributed by atoms with E-state index in [1.807, 2.05) is 12.1 Å². The second-order valence-corrected chi connectivity index (χ2v) is 17.3. The van der Waals surface area contributed by atoms with Crippen molar-refractivity contribution in [3.8, 4) is 5.75 Å². The summed E-state index contributed by atoms with van der Waals surface area (Å²) in [5.41, 5.74) is 8.87. The zero-order valence-corrected chi connectivity index (χ0v) is 32.5. The molecule has 296 valence electrons. The van der Waals surface area contributed by atoms with E-state index in [9.17, 15) is 29.1 Å². The van der Waals surface area contributed by atoms with Gasteiger partial charge in [0, 0.05) is 44.2 Å². The molecule has 0 saturated carbocycles. The van der Waals surface area contributed by atoms with Crippen LogP contribution < -0.4 is 10.2 Å². The number of imide groups is 2. The van der Waals surface area contributed by atoms with Crippen molar-refractivity contribution in [2.75, 3.05) is 37.6 Å². The van der Waals surface area contributed by atoms with Crippen molar-refractivity contribution >= 4 is 35.2 Å². The molecule has 11 heteroatoms. The normalized spacial score (nSPS) is 23.9. The van der Waals surface area contributed by atoms with Gasteiger partial charge < -0.3 is 14.9 Å². The second kappa shape index (κ2) is 14.2. The lowest BCUT2D eigenvalue weighted by molar-refractivity contribution is -0.136. The number of nitrogens with one attached hydrogen (secondary N) is 1. The number of aromatic hydroxyl groups is 1. The van der Waals surface area contributed by atoms with E-state index in [2.05, 4.69) is 75.8 Å².